The van der Waals surface area contributed by atoms with Gasteiger partial charge in [-0.3, -0.25) is 9.80 Å². The third-order valence-electron chi connectivity index (χ3n) is 3.66. The Morgan fingerprint density at radius 3 is 2.30 bits per heavy atom. The third kappa shape index (κ3) is 4.42. The van der Waals surface area contributed by atoms with Crippen molar-refractivity contribution in [3.8, 4) is 5.75 Å². The van der Waals surface area contributed by atoms with Gasteiger partial charge in [-0.05, 0) is 44.2 Å². The molecule has 3 N–H and O–H groups in total. The van der Waals surface area contributed by atoms with E-state index in [1.54, 1.807) is 24.3 Å². The van der Waals surface area contributed by atoms with Gasteiger partial charge in [0.05, 0.1) is 0 Å². The van der Waals surface area contributed by atoms with Crippen LogP contribution in [0.15, 0.2) is 24.3 Å². The molecule has 1 unspecified atom stereocenters. The zero-order valence-electron chi connectivity index (χ0n) is 12.5. The molecule has 5 nitrogen and oxygen atoms in total. The Balaban J connectivity index is 2.73. The van der Waals surface area contributed by atoms with E-state index in [1.165, 1.54) is 4.90 Å². The van der Waals surface area contributed by atoms with E-state index in [9.17, 15) is 9.90 Å². The topological polar surface area (TPSA) is 69.8 Å². The Morgan fingerprint density at radius 2 is 1.85 bits per heavy atom. The normalized spacial score (nSPS) is 12.4. The van der Waals surface area contributed by atoms with Gasteiger partial charge in [-0.1, -0.05) is 13.8 Å². The monoisotopic (exact) mass is 279 g/mol. The van der Waals surface area contributed by atoms with Gasteiger partial charge in [-0.2, -0.15) is 0 Å². The summed E-state index contributed by atoms with van der Waals surface area (Å²) in [5.74, 6) is 0.174. The van der Waals surface area contributed by atoms with Crippen LogP contribution >= 0.6 is 0 Å². The standard InChI is InChI=1S/C15H25N3O2/c1-4-12(3)17(5-2)10-11-18(15(16)20)13-6-8-14(19)9-7-13/h6-9,12,19H,4-5,10-11H2,1-3H3,(H2,16,20). The van der Waals surface area contributed by atoms with Gasteiger partial charge in [0.25, 0.3) is 0 Å². The van der Waals surface area contributed by atoms with Gasteiger partial charge >= 0.3 is 6.03 Å². The van der Waals surface area contributed by atoms with Crippen molar-refractivity contribution in [2.24, 2.45) is 5.73 Å². The number of carbonyl (C=O) groups excluding carboxylic acids is 1. The number of phenolic OH excluding ortho intramolecular Hbond substituents is 1. The Hall–Kier alpha value is -1.75. The number of likely N-dealkylation sites (N-methyl/N-ethyl adjacent to an activating group) is 1. The average Bonchev–Trinajstić information content (AvgIpc) is 2.44. The first-order chi connectivity index (χ1) is 9.49. The number of nitrogens with two attached hydrogens (primary N) is 1. The maximum atomic E-state index is 11.6. The number of hydrogen-bond acceptors (Lipinski definition) is 3. The number of benzene rings is 1. The lowest BCUT2D eigenvalue weighted by Gasteiger charge is -2.30. The average molecular weight is 279 g/mol. The van der Waals surface area contributed by atoms with E-state index in [-0.39, 0.29) is 5.75 Å². The molecule has 1 aromatic carbocycles. The van der Waals surface area contributed by atoms with Crippen LogP contribution in [0.2, 0.25) is 0 Å². The van der Waals surface area contributed by atoms with Crippen LogP contribution in [0.5, 0.6) is 5.75 Å². The number of urea groups is 1. The van der Waals surface area contributed by atoms with Crippen molar-refractivity contribution < 1.29 is 9.90 Å². The van der Waals surface area contributed by atoms with Gasteiger partial charge in [0, 0.05) is 24.8 Å². The number of primary amides is 1. The molecular weight excluding hydrogens is 254 g/mol. The predicted octanol–water partition coefficient (Wildman–Crippen LogP) is 2.40. The fourth-order valence-corrected chi connectivity index (χ4v) is 2.18. The van der Waals surface area contributed by atoms with Crippen LogP contribution in [0.25, 0.3) is 0 Å². The molecule has 0 bridgehead atoms. The van der Waals surface area contributed by atoms with Crippen molar-refractivity contribution in [2.75, 3.05) is 24.5 Å². The Morgan fingerprint density at radius 1 is 1.25 bits per heavy atom. The molecule has 0 fully saturated rings. The summed E-state index contributed by atoms with van der Waals surface area (Å²) in [4.78, 5) is 15.4. The SMILES string of the molecule is CCC(C)N(CC)CCN(C(N)=O)c1ccc(O)cc1. The van der Waals surface area contributed by atoms with Crippen LogP contribution in [0.4, 0.5) is 10.5 Å². The molecule has 5 heteroatoms. The quantitative estimate of drug-likeness (QED) is 0.805. The molecular formula is C15H25N3O2. The van der Waals surface area contributed by atoms with Crippen LogP contribution in [-0.2, 0) is 0 Å². The number of rotatable bonds is 7. The Labute approximate surface area is 121 Å². The summed E-state index contributed by atoms with van der Waals surface area (Å²) in [6, 6.07) is 6.50. The van der Waals surface area contributed by atoms with Gasteiger partial charge in [0.1, 0.15) is 5.75 Å². The van der Waals surface area contributed by atoms with Crippen LogP contribution < -0.4 is 10.6 Å². The van der Waals surface area contributed by atoms with Crippen LogP contribution in [0.1, 0.15) is 27.2 Å². The minimum atomic E-state index is -0.476. The van der Waals surface area contributed by atoms with Crippen molar-refractivity contribution in [1.82, 2.24) is 4.90 Å². The number of nitrogens with zero attached hydrogens (tertiary/aromatic N) is 2. The van der Waals surface area contributed by atoms with E-state index >= 15 is 0 Å². The lowest BCUT2D eigenvalue weighted by atomic mass is 10.2. The number of hydrogen-bond donors (Lipinski definition) is 2. The highest BCUT2D eigenvalue weighted by Gasteiger charge is 2.16. The van der Waals surface area contributed by atoms with Gasteiger partial charge in [-0.15, -0.1) is 0 Å². The number of aromatic hydroxyl groups is 1. The first-order valence-corrected chi connectivity index (χ1v) is 7.09. The van der Waals surface area contributed by atoms with Crippen molar-refractivity contribution in [2.45, 2.75) is 33.2 Å². The Kier molecular flexibility index (Phi) is 6.31. The first-order valence-electron chi connectivity index (χ1n) is 7.09. The molecule has 0 aliphatic carbocycles. The lowest BCUT2D eigenvalue weighted by molar-refractivity contribution is 0.217. The second-order valence-electron chi connectivity index (χ2n) is 4.89. The molecule has 1 aromatic rings. The van der Waals surface area contributed by atoms with Crippen molar-refractivity contribution in [3.63, 3.8) is 0 Å². The Bertz CT molecular complexity index is 420. The zero-order valence-corrected chi connectivity index (χ0v) is 12.5. The highest BCUT2D eigenvalue weighted by atomic mass is 16.3. The summed E-state index contributed by atoms with van der Waals surface area (Å²) in [5, 5.41) is 9.30. The van der Waals surface area contributed by atoms with E-state index in [0.29, 0.717) is 18.3 Å². The maximum absolute atomic E-state index is 11.6. The smallest absolute Gasteiger partial charge is 0.319 e. The molecule has 0 aromatic heterocycles. The number of amides is 2. The molecule has 0 saturated heterocycles. The highest BCUT2D eigenvalue weighted by molar-refractivity contribution is 5.90. The molecule has 0 radical (unpaired) electrons. The number of phenols is 1. The lowest BCUT2D eigenvalue weighted by Crippen LogP contribution is -2.43. The van der Waals surface area contributed by atoms with E-state index in [0.717, 1.165) is 19.5 Å². The molecule has 20 heavy (non-hydrogen) atoms. The predicted molar refractivity (Wildman–Crippen MR) is 82.0 cm³/mol. The molecule has 0 aliphatic heterocycles. The molecule has 0 saturated carbocycles. The number of anilines is 1. The van der Waals surface area contributed by atoms with Crippen LogP contribution in [-0.4, -0.2) is 41.7 Å². The minimum Gasteiger partial charge on any atom is -0.508 e. The minimum absolute atomic E-state index is 0.174. The van der Waals surface area contributed by atoms with E-state index in [2.05, 4.69) is 25.7 Å². The first kappa shape index (κ1) is 16.3. The zero-order chi connectivity index (χ0) is 15.1. The van der Waals surface area contributed by atoms with Crippen molar-refractivity contribution >= 4 is 11.7 Å². The highest BCUT2D eigenvalue weighted by Crippen LogP contribution is 2.18. The summed E-state index contributed by atoms with van der Waals surface area (Å²) in [6.45, 7) is 8.70. The van der Waals surface area contributed by atoms with Gasteiger partial charge in [0.15, 0.2) is 0 Å². The summed E-state index contributed by atoms with van der Waals surface area (Å²) < 4.78 is 0. The van der Waals surface area contributed by atoms with Gasteiger partial charge in [0.2, 0.25) is 0 Å². The molecule has 1 rings (SSSR count). The second kappa shape index (κ2) is 7.75. The van der Waals surface area contributed by atoms with Crippen LogP contribution in [0, 0.1) is 0 Å². The summed E-state index contributed by atoms with van der Waals surface area (Å²) in [5.41, 5.74) is 6.15. The number of carbonyl (C=O) groups is 1. The summed E-state index contributed by atoms with van der Waals surface area (Å²) in [6.07, 6.45) is 1.07. The van der Waals surface area contributed by atoms with Crippen molar-refractivity contribution in [1.29, 1.82) is 0 Å². The fraction of sp³-hybridized carbons (Fsp3) is 0.533. The second-order valence-corrected chi connectivity index (χ2v) is 4.89. The summed E-state index contributed by atoms with van der Waals surface area (Å²) >= 11 is 0. The molecule has 0 aliphatic rings. The molecule has 0 spiro atoms. The molecule has 2 amide bonds. The van der Waals surface area contributed by atoms with Crippen LogP contribution in [0.3, 0.4) is 0 Å². The van der Waals surface area contributed by atoms with Gasteiger partial charge in [-0.25, -0.2) is 4.79 Å². The molecule has 0 heterocycles. The van der Waals surface area contributed by atoms with Crippen molar-refractivity contribution in [3.05, 3.63) is 24.3 Å². The van der Waals surface area contributed by atoms with Gasteiger partial charge < -0.3 is 10.8 Å². The van der Waals surface area contributed by atoms with E-state index in [4.69, 9.17) is 5.73 Å². The fourth-order valence-electron chi connectivity index (χ4n) is 2.18. The van der Waals surface area contributed by atoms with E-state index < -0.39 is 6.03 Å². The summed E-state index contributed by atoms with van der Waals surface area (Å²) in [7, 11) is 0. The maximum Gasteiger partial charge on any atom is 0.319 e. The largest absolute Gasteiger partial charge is 0.508 e. The third-order valence-corrected chi connectivity index (χ3v) is 3.66. The molecule has 1 atom stereocenters. The van der Waals surface area contributed by atoms with E-state index in [1.807, 2.05) is 0 Å². The molecule has 112 valence electrons.